The highest BCUT2D eigenvalue weighted by Crippen LogP contribution is 2.44. The number of benzene rings is 6. The van der Waals surface area contributed by atoms with Crippen molar-refractivity contribution in [3.63, 3.8) is 0 Å². The van der Waals surface area contributed by atoms with Gasteiger partial charge in [0.05, 0.1) is 25.9 Å². The quantitative estimate of drug-likeness (QED) is 0.0795. The molecule has 0 spiro atoms. The lowest BCUT2D eigenvalue weighted by Crippen LogP contribution is -2.38. The van der Waals surface area contributed by atoms with E-state index in [1.165, 1.54) is 43.3 Å². The molecule has 1 heterocycles. The van der Waals surface area contributed by atoms with E-state index in [0.29, 0.717) is 22.1 Å². The zero-order valence-electron chi connectivity index (χ0n) is 31.3. The first-order valence-electron chi connectivity index (χ1n) is 17.0. The summed E-state index contributed by atoms with van der Waals surface area (Å²) < 4.78 is 94.0. The predicted octanol–water partition coefficient (Wildman–Crippen LogP) is 8.00. The normalized spacial score (nSPS) is 13.9. The van der Waals surface area contributed by atoms with Crippen LogP contribution in [0.5, 0.6) is 0 Å². The molecule has 1 aliphatic rings. The van der Waals surface area contributed by atoms with Crippen LogP contribution in [-0.4, -0.2) is 55.9 Å². The highest BCUT2D eigenvalue weighted by Gasteiger charge is 2.34. The number of nitrogen functional groups attached to an aromatic ring is 1. The molecule has 0 aromatic heterocycles. The number of Topliss-reactive ketones (excluding diaryl/α,β-unsaturated/α-hetero) is 1. The Morgan fingerprint density at radius 2 is 1.09 bits per heavy atom. The number of nitrogens with two attached hydrogens (primary N) is 1. The predicted molar refractivity (Wildman–Crippen MR) is 220 cm³/mol. The van der Waals surface area contributed by atoms with Crippen LogP contribution in [0.25, 0.3) is 32.3 Å². The SMILES string of the molecule is CC(=O)C(C)(C)Nc1ccc2ccc(S(=O)(=O)O)cc2c1.CC1=Nc2ccc3ccc(S(=O)(=O)O)cc3c2C1(C)C.Nc1ccc2ccc(S(=O)(=O)O)cc2c1. The average molecular weight is 820 g/mol. The van der Waals surface area contributed by atoms with Crippen LogP contribution < -0.4 is 11.1 Å². The summed E-state index contributed by atoms with van der Waals surface area (Å²) in [6, 6.07) is 27.8. The lowest BCUT2D eigenvalue weighted by Gasteiger charge is -2.24. The molecule has 0 bridgehead atoms. The summed E-state index contributed by atoms with van der Waals surface area (Å²) in [5, 5.41) is 7.93. The fraction of sp³-hybridized carbons (Fsp3) is 0.200. The van der Waals surface area contributed by atoms with Crippen molar-refractivity contribution in [3.05, 3.63) is 109 Å². The van der Waals surface area contributed by atoms with Crippen LogP contribution in [0.4, 0.5) is 17.1 Å². The van der Waals surface area contributed by atoms with Gasteiger partial charge < -0.3 is 11.1 Å². The smallest absolute Gasteiger partial charge is 0.294 e. The van der Waals surface area contributed by atoms with E-state index in [1.807, 2.05) is 31.2 Å². The van der Waals surface area contributed by atoms with Gasteiger partial charge in [0, 0.05) is 22.5 Å². The molecule has 0 atom stereocenters. The highest BCUT2D eigenvalue weighted by molar-refractivity contribution is 7.86. The highest BCUT2D eigenvalue weighted by atomic mass is 32.2. The van der Waals surface area contributed by atoms with E-state index in [-0.39, 0.29) is 25.9 Å². The molecule has 6 aromatic carbocycles. The molecule has 13 nitrogen and oxygen atoms in total. The molecule has 1 aliphatic heterocycles. The maximum atomic E-state index is 11.5. The summed E-state index contributed by atoms with van der Waals surface area (Å²) >= 11 is 0. The second-order valence-electron chi connectivity index (χ2n) is 14.4. The molecule has 6 N–H and O–H groups in total. The Morgan fingerprint density at radius 1 is 0.643 bits per heavy atom. The van der Waals surface area contributed by atoms with Gasteiger partial charge in [-0.05, 0) is 132 Å². The van der Waals surface area contributed by atoms with Crippen molar-refractivity contribution in [2.75, 3.05) is 11.1 Å². The van der Waals surface area contributed by atoms with Crippen molar-refractivity contribution in [2.24, 2.45) is 4.99 Å². The van der Waals surface area contributed by atoms with Crippen molar-refractivity contribution < 1.29 is 43.7 Å². The third-order valence-corrected chi connectivity index (χ3v) is 12.2. The molecule has 0 radical (unpaired) electrons. The van der Waals surface area contributed by atoms with Gasteiger partial charge in [0.25, 0.3) is 30.4 Å². The minimum atomic E-state index is -4.23. The molecule has 56 heavy (non-hydrogen) atoms. The number of fused-ring (bicyclic) bond motifs is 5. The molecule has 0 unspecified atom stereocenters. The molecular weight excluding hydrogens is 779 g/mol. The number of nitrogens with one attached hydrogen (secondary N) is 1. The van der Waals surface area contributed by atoms with Crippen LogP contribution in [0.15, 0.2) is 123 Å². The van der Waals surface area contributed by atoms with E-state index in [4.69, 9.17) is 14.8 Å². The second-order valence-corrected chi connectivity index (χ2v) is 18.7. The van der Waals surface area contributed by atoms with E-state index >= 15 is 0 Å². The Morgan fingerprint density at radius 3 is 1.61 bits per heavy atom. The number of hydrogen-bond acceptors (Lipinski definition) is 10. The second kappa shape index (κ2) is 15.0. The molecule has 0 saturated carbocycles. The molecule has 294 valence electrons. The first-order chi connectivity index (χ1) is 25.8. The molecular formula is C40H41N3O10S3. The summed E-state index contributed by atoms with van der Waals surface area (Å²) in [7, 11) is -12.6. The first kappa shape index (κ1) is 41.9. The molecule has 16 heteroatoms. The topological polar surface area (TPSA) is 231 Å². The minimum Gasteiger partial charge on any atom is -0.399 e. The average Bonchev–Trinajstić information content (AvgIpc) is 3.33. The van der Waals surface area contributed by atoms with Gasteiger partial charge in [-0.2, -0.15) is 25.3 Å². The van der Waals surface area contributed by atoms with Gasteiger partial charge in [0.1, 0.15) is 0 Å². The number of rotatable bonds is 6. The third-order valence-electron chi connectivity index (χ3n) is 9.67. The molecule has 0 fully saturated rings. The van der Waals surface area contributed by atoms with E-state index in [9.17, 15) is 34.6 Å². The molecule has 6 aromatic rings. The number of anilines is 2. The maximum Gasteiger partial charge on any atom is 0.294 e. The Hall–Kier alpha value is -5.23. The fourth-order valence-electron chi connectivity index (χ4n) is 6.01. The van der Waals surface area contributed by atoms with Crippen LogP contribution in [0.1, 0.15) is 47.1 Å². The van der Waals surface area contributed by atoms with Crippen LogP contribution >= 0.6 is 0 Å². The van der Waals surface area contributed by atoms with Gasteiger partial charge in [-0.3, -0.25) is 23.4 Å². The number of hydrogen-bond donors (Lipinski definition) is 5. The Balaban J connectivity index is 0.000000163. The van der Waals surface area contributed by atoms with Gasteiger partial charge in [-0.15, -0.1) is 0 Å². The summed E-state index contributed by atoms with van der Waals surface area (Å²) in [6.45, 7) is 11.2. The number of nitrogens with zero attached hydrogens (tertiary/aromatic N) is 1. The van der Waals surface area contributed by atoms with Gasteiger partial charge in [0.15, 0.2) is 5.78 Å². The van der Waals surface area contributed by atoms with Crippen LogP contribution in [-0.2, 0) is 40.6 Å². The Bertz CT molecular complexity index is 2920. The van der Waals surface area contributed by atoms with E-state index < -0.39 is 35.9 Å². The Kier molecular flexibility index (Phi) is 11.2. The first-order valence-corrected chi connectivity index (χ1v) is 21.3. The minimum absolute atomic E-state index is 0.00529. The van der Waals surface area contributed by atoms with Crippen LogP contribution in [0.2, 0.25) is 0 Å². The van der Waals surface area contributed by atoms with Gasteiger partial charge in [-0.25, -0.2) is 0 Å². The van der Waals surface area contributed by atoms with E-state index in [2.05, 4.69) is 24.2 Å². The summed E-state index contributed by atoms with van der Waals surface area (Å²) in [5.74, 6) is -0.00529. The number of carbonyl (C=O) groups excluding carboxylic acids is 1. The fourth-order valence-corrected chi connectivity index (χ4v) is 7.55. The van der Waals surface area contributed by atoms with Gasteiger partial charge in [0.2, 0.25) is 0 Å². The van der Waals surface area contributed by atoms with Crippen molar-refractivity contribution in [1.82, 2.24) is 0 Å². The summed E-state index contributed by atoms with van der Waals surface area (Å²) in [6.07, 6.45) is 0. The monoisotopic (exact) mass is 819 g/mol. The van der Waals surface area contributed by atoms with Crippen molar-refractivity contribution >= 4 is 91.2 Å². The van der Waals surface area contributed by atoms with Gasteiger partial charge >= 0.3 is 0 Å². The summed E-state index contributed by atoms with van der Waals surface area (Å²) in [5.41, 5.74) is 8.75. The zero-order valence-corrected chi connectivity index (χ0v) is 33.7. The maximum absolute atomic E-state index is 11.5. The van der Waals surface area contributed by atoms with E-state index in [0.717, 1.165) is 38.5 Å². The van der Waals surface area contributed by atoms with Crippen molar-refractivity contribution in [3.8, 4) is 0 Å². The largest absolute Gasteiger partial charge is 0.399 e. The number of aliphatic imine (C=N–C) groups is 1. The molecule has 0 amide bonds. The van der Waals surface area contributed by atoms with E-state index in [1.54, 1.807) is 56.3 Å². The molecule has 0 saturated heterocycles. The van der Waals surface area contributed by atoms with Crippen LogP contribution in [0.3, 0.4) is 0 Å². The standard InChI is InChI=1S/C15H17NO4S.C15H15NO3S.C10H9NO3S/c1-10(17)15(2,3)16-13-6-4-11-5-7-14(21(18,19)20)9-12(11)8-13;1-9-15(2,3)14-12-8-11(20(17,18)19)6-4-10(12)5-7-13(14)16-9;11-9-3-1-7-2-4-10(15(12,13)14)6-8(7)5-9/h4-9,16H,1-3H3,(H,18,19,20);4-8H,1-3H3,(H,17,18,19);1-6H,11H2,(H,12,13,14). The number of ketones is 1. The summed E-state index contributed by atoms with van der Waals surface area (Å²) in [4.78, 5) is 15.7. The number of carbonyl (C=O) groups is 1. The van der Waals surface area contributed by atoms with Crippen molar-refractivity contribution in [1.29, 1.82) is 0 Å². The van der Waals surface area contributed by atoms with Crippen LogP contribution in [0, 0.1) is 0 Å². The Labute approximate surface area is 325 Å². The van der Waals surface area contributed by atoms with Crippen molar-refractivity contribution in [2.45, 2.75) is 67.2 Å². The zero-order chi connectivity index (χ0) is 41.6. The molecule has 7 rings (SSSR count). The lowest BCUT2D eigenvalue weighted by atomic mass is 9.80. The van der Waals surface area contributed by atoms with Gasteiger partial charge in [-0.1, -0.05) is 50.2 Å². The molecule has 0 aliphatic carbocycles. The third kappa shape index (κ3) is 9.24. The lowest BCUT2D eigenvalue weighted by molar-refractivity contribution is -0.120.